The van der Waals surface area contributed by atoms with Crippen LogP contribution in [0.2, 0.25) is 0 Å². The average molecular weight is 407 g/mol. The zero-order chi connectivity index (χ0) is 19.0. The standard InChI is InChI=1S/C26H30N2.ClH/c1-4-10-23(11-5-1)16-17-26-22-27(20-24-12-6-2-7-13-24)18-19-28(26)21-25-14-8-3-9-15-25;/h1-15,26H,16-22H2;1H. The lowest BCUT2D eigenvalue weighted by atomic mass is 10.0. The molecule has 3 heteroatoms. The summed E-state index contributed by atoms with van der Waals surface area (Å²) in [6.45, 7) is 5.54. The van der Waals surface area contributed by atoms with Crippen LogP contribution in [0.25, 0.3) is 0 Å². The maximum absolute atomic E-state index is 2.69. The number of aryl methyl sites for hydroxylation is 1. The minimum atomic E-state index is 0. The molecule has 0 amide bonds. The van der Waals surface area contributed by atoms with E-state index in [1.807, 2.05) is 0 Å². The molecule has 1 saturated heterocycles. The Morgan fingerprint density at radius 1 is 0.621 bits per heavy atom. The van der Waals surface area contributed by atoms with Gasteiger partial charge in [-0.2, -0.15) is 0 Å². The Kier molecular flexibility index (Phi) is 8.30. The van der Waals surface area contributed by atoms with Gasteiger partial charge in [-0.05, 0) is 29.5 Å². The first-order valence-corrected chi connectivity index (χ1v) is 10.4. The predicted octanol–water partition coefficient (Wildman–Crippen LogP) is 5.43. The van der Waals surface area contributed by atoms with Crippen LogP contribution in [-0.2, 0) is 19.5 Å². The molecule has 3 aromatic carbocycles. The van der Waals surface area contributed by atoms with Gasteiger partial charge in [-0.3, -0.25) is 9.80 Å². The largest absolute Gasteiger partial charge is 0.296 e. The van der Waals surface area contributed by atoms with Crippen LogP contribution in [0.15, 0.2) is 91.0 Å². The first-order chi connectivity index (χ1) is 13.9. The predicted molar refractivity (Wildman–Crippen MR) is 124 cm³/mol. The van der Waals surface area contributed by atoms with Gasteiger partial charge in [-0.15, -0.1) is 12.4 Å². The second-order valence-electron chi connectivity index (χ2n) is 7.85. The molecule has 1 atom stereocenters. The summed E-state index contributed by atoms with van der Waals surface area (Å²) < 4.78 is 0. The van der Waals surface area contributed by atoms with Crippen molar-refractivity contribution < 1.29 is 0 Å². The molecular weight excluding hydrogens is 376 g/mol. The van der Waals surface area contributed by atoms with Gasteiger partial charge in [0.15, 0.2) is 0 Å². The fraction of sp³-hybridized carbons (Fsp3) is 0.308. The van der Waals surface area contributed by atoms with Crippen molar-refractivity contribution in [1.82, 2.24) is 9.80 Å². The maximum Gasteiger partial charge on any atom is 0.0237 e. The highest BCUT2D eigenvalue weighted by Gasteiger charge is 2.26. The zero-order valence-corrected chi connectivity index (χ0v) is 17.8. The van der Waals surface area contributed by atoms with Crippen LogP contribution in [0.1, 0.15) is 23.1 Å². The van der Waals surface area contributed by atoms with E-state index in [4.69, 9.17) is 0 Å². The van der Waals surface area contributed by atoms with E-state index in [2.05, 4.69) is 101 Å². The molecule has 1 aliphatic heterocycles. The molecule has 0 saturated carbocycles. The third-order valence-corrected chi connectivity index (χ3v) is 5.78. The van der Waals surface area contributed by atoms with Crippen molar-refractivity contribution in [3.63, 3.8) is 0 Å². The normalized spacial score (nSPS) is 17.6. The van der Waals surface area contributed by atoms with Crippen molar-refractivity contribution in [2.24, 2.45) is 0 Å². The second kappa shape index (κ2) is 11.2. The summed E-state index contributed by atoms with van der Waals surface area (Å²) in [5.74, 6) is 0. The highest BCUT2D eigenvalue weighted by molar-refractivity contribution is 5.85. The number of piperazine rings is 1. The topological polar surface area (TPSA) is 6.48 Å². The quantitative estimate of drug-likeness (QED) is 0.516. The van der Waals surface area contributed by atoms with Gasteiger partial charge in [0.1, 0.15) is 0 Å². The molecule has 2 nitrogen and oxygen atoms in total. The Hall–Kier alpha value is -2.13. The molecule has 0 aliphatic carbocycles. The Labute approximate surface area is 181 Å². The van der Waals surface area contributed by atoms with E-state index in [1.54, 1.807) is 0 Å². The minimum Gasteiger partial charge on any atom is -0.296 e. The Morgan fingerprint density at radius 2 is 1.14 bits per heavy atom. The summed E-state index contributed by atoms with van der Waals surface area (Å²) in [6.07, 6.45) is 2.36. The van der Waals surface area contributed by atoms with Gasteiger partial charge >= 0.3 is 0 Å². The van der Waals surface area contributed by atoms with Crippen LogP contribution in [-0.4, -0.2) is 35.5 Å². The molecule has 0 radical (unpaired) electrons. The molecule has 1 aliphatic rings. The minimum absolute atomic E-state index is 0. The molecule has 0 aromatic heterocycles. The fourth-order valence-electron chi connectivity index (χ4n) is 4.22. The number of hydrogen-bond donors (Lipinski definition) is 0. The van der Waals surface area contributed by atoms with Crippen molar-refractivity contribution >= 4 is 12.4 Å². The summed E-state index contributed by atoms with van der Waals surface area (Å²) >= 11 is 0. The summed E-state index contributed by atoms with van der Waals surface area (Å²) in [4.78, 5) is 5.33. The van der Waals surface area contributed by atoms with Crippen molar-refractivity contribution in [3.05, 3.63) is 108 Å². The average Bonchev–Trinajstić information content (AvgIpc) is 2.76. The molecule has 29 heavy (non-hydrogen) atoms. The van der Waals surface area contributed by atoms with Crippen LogP contribution >= 0.6 is 12.4 Å². The monoisotopic (exact) mass is 406 g/mol. The van der Waals surface area contributed by atoms with Crippen molar-refractivity contribution in [1.29, 1.82) is 0 Å². The van der Waals surface area contributed by atoms with Gasteiger partial charge in [0.2, 0.25) is 0 Å². The molecule has 1 fully saturated rings. The first-order valence-electron chi connectivity index (χ1n) is 10.4. The molecule has 4 rings (SSSR count). The van der Waals surface area contributed by atoms with Crippen LogP contribution in [0.3, 0.4) is 0 Å². The lowest BCUT2D eigenvalue weighted by Gasteiger charge is -2.42. The van der Waals surface area contributed by atoms with E-state index in [-0.39, 0.29) is 12.4 Å². The Bertz CT molecular complexity index is 823. The number of nitrogens with zero attached hydrogens (tertiary/aromatic N) is 2. The summed E-state index contributed by atoms with van der Waals surface area (Å²) in [5, 5.41) is 0. The molecule has 1 heterocycles. The van der Waals surface area contributed by atoms with Crippen LogP contribution < -0.4 is 0 Å². The van der Waals surface area contributed by atoms with E-state index >= 15 is 0 Å². The summed E-state index contributed by atoms with van der Waals surface area (Å²) in [7, 11) is 0. The highest BCUT2D eigenvalue weighted by Crippen LogP contribution is 2.20. The lowest BCUT2D eigenvalue weighted by Crippen LogP contribution is -2.52. The van der Waals surface area contributed by atoms with E-state index in [9.17, 15) is 0 Å². The van der Waals surface area contributed by atoms with Gasteiger partial charge in [0, 0.05) is 38.8 Å². The highest BCUT2D eigenvalue weighted by atomic mass is 35.5. The Balaban J connectivity index is 0.00000240. The first kappa shape index (κ1) is 21.6. The zero-order valence-electron chi connectivity index (χ0n) is 17.0. The van der Waals surface area contributed by atoms with E-state index in [0.29, 0.717) is 6.04 Å². The summed E-state index contributed by atoms with van der Waals surface area (Å²) in [5.41, 5.74) is 4.28. The van der Waals surface area contributed by atoms with Gasteiger partial charge in [-0.1, -0.05) is 91.0 Å². The Morgan fingerprint density at radius 3 is 1.72 bits per heavy atom. The van der Waals surface area contributed by atoms with E-state index < -0.39 is 0 Å². The number of rotatable bonds is 7. The van der Waals surface area contributed by atoms with Gasteiger partial charge < -0.3 is 0 Å². The molecule has 0 bridgehead atoms. The van der Waals surface area contributed by atoms with Gasteiger partial charge in [0.05, 0.1) is 0 Å². The maximum atomic E-state index is 2.69. The fourth-order valence-corrected chi connectivity index (χ4v) is 4.22. The van der Waals surface area contributed by atoms with Gasteiger partial charge in [0.25, 0.3) is 0 Å². The van der Waals surface area contributed by atoms with E-state index in [0.717, 1.165) is 39.1 Å². The van der Waals surface area contributed by atoms with Gasteiger partial charge in [-0.25, -0.2) is 0 Å². The third-order valence-electron chi connectivity index (χ3n) is 5.78. The number of hydrogen-bond acceptors (Lipinski definition) is 2. The molecule has 0 N–H and O–H groups in total. The van der Waals surface area contributed by atoms with Crippen LogP contribution in [0.4, 0.5) is 0 Å². The van der Waals surface area contributed by atoms with Crippen LogP contribution in [0, 0.1) is 0 Å². The molecule has 152 valence electrons. The molecule has 3 aromatic rings. The van der Waals surface area contributed by atoms with Crippen molar-refractivity contribution in [2.45, 2.75) is 32.0 Å². The smallest absolute Gasteiger partial charge is 0.0237 e. The second-order valence-corrected chi connectivity index (χ2v) is 7.85. The lowest BCUT2D eigenvalue weighted by molar-refractivity contribution is 0.0597. The van der Waals surface area contributed by atoms with E-state index in [1.165, 1.54) is 23.1 Å². The number of benzene rings is 3. The summed E-state index contributed by atoms with van der Waals surface area (Å²) in [6, 6.07) is 33.3. The van der Waals surface area contributed by atoms with Crippen molar-refractivity contribution in [2.75, 3.05) is 19.6 Å². The molecule has 0 spiro atoms. The molecule has 1 unspecified atom stereocenters. The SMILES string of the molecule is Cl.c1ccc(CCC2CN(Cc3ccccc3)CCN2Cc2ccccc2)cc1. The molecular formula is C26H31ClN2. The number of halogens is 1. The third kappa shape index (κ3) is 6.43. The van der Waals surface area contributed by atoms with Crippen molar-refractivity contribution in [3.8, 4) is 0 Å². The van der Waals surface area contributed by atoms with Crippen LogP contribution in [0.5, 0.6) is 0 Å².